The zero-order valence-electron chi connectivity index (χ0n) is 17.4. The van der Waals surface area contributed by atoms with Crippen LogP contribution in [0.1, 0.15) is 25.7 Å². The number of hydrogen-bond acceptors (Lipinski definition) is 9. The summed E-state index contributed by atoms with van der Waals surface area (Å²) in [5.41, 5.74) is 7.85. The maximum Gasteiger partial charge on any atom is 0.223 e. The van der Waals surface area contributed by atoms with E-state index in [4.69, 9.17) is 20.2 Å². The molecule has 3 N–H and O–H groups in total. The molecular weight excluding hydrogens is 394 g/mol. The molecule has 3 aromatic rings. The molecule has 0 radical (unpaired) electrons. The number of hydrogen-bond donors (Lipinski definition) is 2. The number of anilines is 3. The SMILES string of the molecule is Nc1cc2c(OC3CCC(Nc4ncccn4)CC3)nccc2nc1N1CCOCC1. The summed E-state index contributed by atoms with van der Waals surface area (Å²) in [5, 5.41) is 4.26. The first-order valence-electron chi connectivity index (χ1n) is 10.8. The molecule has 1 aliphatic heterocycles. The quantitative estimate of drug-likeness (QED) is 0.642. The zero-order chi connectivity index (χ0) is 21.0. The van der Waals surface area contributed by atoms with Gasteiger partial charge in [0.25, 0.3) is 0 Å². The van der Waals surface area contributed by atoms with Gasteiger partial charge in [-0.05, 0) is 43.9 Å². The molecule has 162 valence electrons. The third kappa shape index (κ3) is 4.46. The van der Waals surface area contributed by atoms with Crippen molar-refractivity contribution in [1.29, 1.82) is 0 Å². The van der Waals surface area contributed by atoms with E-state index in [0.717, 1.165) is 55.5 Å². The van der Waals surface area contributed by atoms with Crippen molar-refractivity contribution in [2.24, 2.45) is 0 Å². The van der Waals surface area contributed by atoms with E-state index in [9.17, 15) is 0 Å². The third-order valence-corrected chi connectivity index (χ3v) is 5.88. The van der Waals surface area contributed by atoms with Crippen LogP contribution in [0, 0.1) is 0 Å². The van der Waals surface area contributed by atoms with Crippen LogP contribution in [0.2, 0.25) is 0 Å². The lowest BCUT2D eigenvalue weighted by Crippen LogP contribution is -2.37. The number of pyridine rings is 2. The molecule has 31 heavy (non-hydrogen) atoms. The van der Waals surface area contributed by atoms with Gasteiger partial charge in [-0.2, -0.15) is 0 Å². The van der Waals surface area contributed by atoms with E-state index in [1.807, 2.05) is 18.2 Å². The second-order valence-corrected chi connectivity index (χ2v) is 7.99. The van der Waals surface area contributed by atoms with E-state index in [2.05, 4.69) is 25.2 Å². The number of rotatable bonds is 5. The number of fused-ring (bicyclic) bond motifs is 1. The monoisotopic (exact) mass is 421 g/mol. The lowest BCUT2D eigenvalue weighted by molar-refractivity contribution is 0.122. The van der Waals surface area contributed by atoms with E-state index >= 15 is 0 Å². The predicted octanol–water partition coefficient (Wildman–Crippen LogP) is 2.64. The Bertz CT molecular complexity index is 1020. The highest BCUT2D eigenvalue weighted by molar-refractivity contribution is 5.89. The Balaban J connectivity index is 1.27. The van der Waals surface area contributed by atoms with Gasteiger partial charge in [0.1, 0.15) is 6.10 Å². The second-order valence-electron chi connectivity index (χ2n) is 7.99. The van der Waals surface area contributed by atoms with Gasteiger partial charge in [0, 0.05) is 37.7 Å². The number of nitrogens with zero attached hydrogens (tertiary/aromatic N) is 5. The molecular formula is C22H27N7O2. The Hall–Kier alpha value is -3.20. The van der Waals surface area contributed by atoms with Crippen molar-refractivity contribution in [3.8, 4) is 5.88 Å². The van der Waals surface area contributed by atoms with Gasteiger partial charge in [-0.25, -0.2) is 19.9 Å². The molecule has 2 aliphatic rings. The molecule has 0 bridgehead atoms. The predicted molar refractivity (Wildman–Crippen MR) is 119 cm³/mol. The summed E-state index contributed by atoms with van der Waals surface area (Å²) in [6.45, 7) is 2.97. The summed E-state index contributed by atoms with van der Waals surface area (Å²) in [5.74, 6) is 2.09. The van der Waals surface area contributed by atoms with Crippen LogP contribution < -0.4 is 20.7 Å². The van der Waals surface area contributed by atoms with Crippen molar-refractivity contribution in [3.63, 3.8) is 0 Å². The molecule has 2 fully saturated rings. The Kier molecular flexibility index (Phi) is 5.66. The summed E-state index contributed by atoms with van der Waals surface area (Å²) in [6.07, 6.45) is 9.25. The summed E-state index contributed by atoms with van der Waals surface area (Å²) in [4.78, 5) is 20.0. The molecule has 1 aliphatic carbocycles. The molecule has 3 aromatic heterocycles. The van der Waals surface area contributed by atoms with Crippen molar-refractivity contribution in [3.05, 3.63) is 36.8 Å². The highest BCUT2D eigenvalue weighted by Crippen LogP contribution is 2.32. The largest absolute Gasteiger partial charge is 0.474 e. The fourth-order valence-electron chi connectivity index (χ4n) is 4.24. The van der Waals surface area contributed by atoms with Crippen molar-refractivity contribution in [2.45, 2.75) is 37.8 Å². The van der Waals surface area contributed by atoms with E-state index in [1.54, 1.807) is 18.6 Å². The maximum absolute atomic E-state index is 6.36. The Labute approximate surface area is 181 Å². The molecule has 0 spiro atoms. The number of morpholine rings is 1. The van der Waals surface area contributed by atoms with Gasteiger partial charge in [0.05, 0.1) is 29.8 Å². The number of nitrogens with two attached hydrogens (primary N) is 1. The average Bonchev–Trinajstić information content (AvgIpc) is 2.82. The lowest BCUT2D eigenvalue weighted by Gasteiger charge is -2.30. The fraction of sp³-hybridized carbons (Fsp3) is 0.455. The van der Waals surface area contributed by atoms with Crippen LogP contribution in [0.15, 0.2) is 36.8 Å². The average molecular weight is 422 g/mol. The minimum Gasteiger partial charge on any atom is -0.474 e. The highest BCUT2D eigenvalue weighted by atomic mass is 16.5. The first-order valence-corrected chi connectivity index (χ1v) is 10.8. The molecule has 1 saturated carbocycles. The van der Waals surface area contributed by atoms with Crippen LogP contribution in [-0.2, 0) is 4.74 Å². The molecule has 0 amide bonds. The smallest absolute Gasteiger partial charge is 0.223 e. The summed E-state index contributed by atoms with van der Waals surface area (Å²) in [7, 11) is 0. The van der Waals surface area contributed by atoms with E-state index in [0.29, 0.717) is 36.8 Å². The van der Waals surface area contributed by atoms with Crippen molar-refractivity contribution >= 4 is 28.4 Å². The Morgan fingerprint density at radius 3 is 2.58 bits per heavy atom. The van der Waals surface area contributed by atoms with Crippen molar-refractivity contribution < 1.29 is 9.47 Å². The Morgan fingerprint density at radius 1 is 1.03 bits per heavy atom. The molecule has 9 nitrogen and oxygen atoms in total. The van der Waals surface area contributed by atoms with Crippen LogP contribution in [0.3, 0.4) is 0 Å². The summed E-state index contributed by atoms with van der Waals surface area (Å²) >= 11 is 0. The van der Waals surface area contributed by atoms with Gasteiger partial charge in [-0.1, -0.05) is 0 Å². The number of ether oxygens (including phenoxy) is 2. The van der Waals surface area contributed by atoms with Crippen molar-refractivity contribution in [2.75, 3.05) is 42.3 Å². The van der Waals surface area contributed by atoms with Gasteiger partial charge in [0.15, 0.2) is 5.82 Å². The van der Waals surface area contributed by atoms with Crippen LogP contribution in [0.4, 0.5) is 17.5 Å². The molecule has 0 aromatic carbocycles. The van der Waals surface area contributed by atoms with Crippen LogP contribution in [0.25, 0.3) is 10.9 Å². The second kappa shape index (κ2) is 8.89. The standard InChI is InChI=1S/C22H27N7O2/c23-18-14-17-19(28-20(18)29-10-12-30-13-11-29)6-9-24-21(17)31-16-4-2-15(3-5-16)27-22-25-7-1-8-26-22/h1,6-9,14-16H,2-5,10-13,23H2,(H,25,26,27). The van der Waals surface area contributed by atoms with Gasteiger partial charge in [0.2, 0.25) is 11.8 Å². The number of aromatic nitrogens is 4. The zero-order valence-corrected chi connectivity index (χ0v) is 17.4. The highest BCUT2D eigenvalue weighted by Gasteiger charge is 2.24. The van der Waals surface area contributed by atoms with E-state index in [1.165, 1.54) is 0 Å². The Morgan fingerprint density at radius 2 is 1.81 bits per heavy atom. The molecule has 5 rings (SSSR count). The third-order valence-electron chi connectivity index (χ3n) is 5.88. The fourth-order valence-corrected chi connectivity index (χ4v) is 4.24. The normalized spacial score (nSPS) is 21.7. The molecule has 0 unspecified atom stereocenters. The van der Waals surface area contributed by atoms with Gasteiger partial charge in [-0.15, -0.1) is 0 Å². The topological polar surface area (TPSA) is 111 Å². The van der Waals surface area contributed by atoms with Crippen LogP contribution in [-0.4, -0.2) is 58.4 Å². The lowest BCUT2D eigenvalue weighted by atomic mass is 9.93. The first kappa shape index (κ1) is 19.7. The number of nitrogens with one attached hydrogen (secondary N) is 1. The van der Waals surface area contributed by atoms with Crippen molar-refractivity contribution in [1.82, 2.24) is 19.9 Å². The minimum absolute atomic E-state index is 0.119. The van der Waals surface area contributed by atoms with Gasteiger partial charge < -0.3 is 25.4 Å². The van der Waals surface area contributed by atoms with Crippen LogP contribution >= 0.6 is 0 Å². The van der Waals surface area contributed by atoms with Gasteiger partial charge in [-0.3, -0.25) is 0 Å². The molecule has 0 atom stereocenters. The summed E-state index contributed by atoms with van der Waals surface area (Å²) in [6, 6.07) is 6.02. The first-order chi connectivity index (χ1) is 15.3. The molecule has 4 heterocycles. The van der Waals surface area contributed by atoms with E-state index in [-0.39, 0.29) is 6.10 Å². The molecule has 9 heteroatoms. The summed E-state index contributed by atoms with van der Waals surface area (Å²) < 4.78 is 11.7. The van der Waals surface area contributed by atoms with Crippen LogP contribution in [0.5, 0.6) is 5.88 Å². The van der Waals surface area contributed by atoms with Gasteiger partial charge >= 0.3 is 0 Å². The molecule has 1 saturated heterocycles. The minimum atomic E-state index is 0.119. The number of nitrogen functional groups attached to an aromatic ring is 1. The van der Waals surface area contributed by atoms with E-state index < -0.39 is 0 Å². The maximum atomic E-state index is 6.36.